The second-order valence-corrected chi connectivity index (χ2v) is 6.00. The molecule has 1 saturated heterocycles. The first-order chi connectivity index (χ1) is 11.6. The Bertz CT molecular complexity index is 565. The van der Waals surface area contributed by atoms with Gasteiger partial charge in [-0.15, -0.1) is 0 Å². The van der Waals surface area contributed by atoms with Gasteiger partial charge in [0.1, 0.15) is 12.4 Å². The van der Waals surface area contributed by atoms with E-state index in [1.165, 1.54) is 7.11 Å². The highest BCUT2D eigenvalue weighted by Crippen LogP contribution is 2.16. The van der Waals surface area contributed by atoms with E-state index >= 15 is 0 Å². The first kappa shape index (κ1) is 18.2. The third-order valence-corrected chi connectivity index (χ3v) is 4.14. The van der Waals surface area contributed by atoms with Crippen LogP contribution in [-0.2, 0) is 14.3 Å². The highest BCUT2D eigenvalue weighted by molar-refractivity contribution is 5.81. The van der Waals surface area contributed by atoms with Crippen molar-refractivity contribution >= 4 is 17.6 Å². The van der Waals surface area contributed by atoms with Crippen molar-refractivity contribution in [2.45, 2.75) is 19.8 Å². The average molecular weight is 334 g/mol. The van der Waals surface area contributed by atoms with Gasteiger partial charge in [-0.25, -0.2) is 4.98 Å². The summed E-state index contributed by atoms with van der Waals surface area (Å²) in [4.78, 5) is 30.1. The monoisotopic (exact) mass is 334 g/mol. The van der Waals surface area contributed by atoms with E-state index in [1.54, 1.807) is 11.1 Å². The largest absolute Gasteiger partial charge is 0.375 e. The number of nitrogens with one attached hydrogen (secondary N) is 2. The van der Waals surface area contributed by atoms with Crippen molar-refractivity contribution in [1.29, 1.82) is 0 Å². The number of aryl methyl sites for hydroxylation is 1. The molecule has 2 rings (SSSR count). The number of hydrogen-bond acceptors (Lipinski definition) is 5. The van der Waals surface area contributed by atoms with Gasteiger partial charge in [0.25, 0.3) is 0 Å². The number of carbonyl (C=O) groups excluding carboxylic acids is 2. The Hall–Kier alpha value is -2.15. The Kier molecular flexibility index (Phi) is 6.99. The molecule has 2 amide bonds. The van der Waals surface area contributed by atoms with Crippen LogP contribution in [0.3, 0.4) is 0 Å². The van der Waals surface area contributed by atoms with Gasteiger partial charge in [0.15, 0.2) is 0 Å². The van der Waals surface area contributed by atoms with Crippen LogP contribution in [0.5, 0.6) is 0 Å². The van der Waals surface area contributed by atoms with Crippen molar-refractivity contribution < 1.29 is 14.3 Å². The highest BCUT2D eigenvalue weighted by Gasteiger charge is 2.27. The quantitative estimate of drug-likeness (QED) is 0.721. The van der Waals surface area contributed by atoms with Crippen molar-refractivity contribution in [3.05, 3.63) is 23.9 Å². The summed E-state index contributed by atoms with van der Waals surface area (Å²) in [6.07, 6.45) is 3.40. The van der Waals surface area contributed by atoms with Crippen LogP contribution in [0.2, 0.25) is 0 Å². The van der Waals surface area contributed by atoms with Crippen LogP contribution in [0, 0.1) is 12.8 Å². The molecular formula is C17H26N4O3. The van der Waals surface area contributed by atoms with Crippen LogP contribution < -0.4 is 10.6 Å². The number of rotatable bonds is 7. The molecule has 0 spiro atoms. The molecule has 1 atom stereocenters. The molecule has 0 unspecified atom stereocenters. The Morgan fingerprint density at radius 2 is 2.25 bits per heavy atom. The Balaban J connectivity index is 1.72. The number of anilines is 1. The SMILES string of the molecule is COCC(=O)N1CCC[C@@H](C(=O)NCCNc2ncccc2C)C1. The topological polar surface area (TPSA) is 83.6 Å². The predicted octanol–water partition coefficient (Wildman–Crippen LogP) is 0.803. The van der Waals surface area contributed by atoms with Gasteiger partial charge in [0.05, 0.1) is 5.92 Å². The van der Waals surface area contributed by atoms with Gasteiger partial charge in [0, 0.05) is 39.5 Å². The normalized spacial score (nSPS) is 17.4. The fourth-order valence-electron chi connectivity index (χ4n) is 2.81. The minimum atomic E-state index is -0.142. The number of amides is 2. The minimum Gasteiger partial charge on any atom is -0.375 e. The average Bonchev–Trinajstić information content (AvgIpc) is 2.60. The zero-order valence-corrected chi connectivity index (χ0v) is 14.4. The third-order valence-electron chi connectivity index (χ3n) is 4.14. The van der Waals surface area contributed by atoms with E-state index in [1.807, 2.05) is 19.1 Å². The maximum atomic E-state index is 12.3. The van der Waals surface area contributed by atoms with Gasteiger partial charge in [0.2, 0.25) is 11.8 Å². The van der Waals surface area contributed by atoms with E-state index in [0.717, 1.165) is 24.2 Å². The number of carbonyl (C=O) groups is 2. The van der Waals surface area contributed by atoms with Gasteiger partial charge in [-0.1, -0.05) is 6.07 Å². The van der Waals surface area contributed by atoms with Gasteiger partial charge in [-0.3, -0.25) is 9.59 Å². The number of ether oxygens (including phenoxy) is 1. The molecule has 0 aliphatic carbocycles. The predicted molar refractivity (Wildman–Crippen MR) is 91.7 cm³/mol. The third kappa shape index (κ3) is 5.19. The molecule has 132 valence electrons. The molecule has 2 N–H and O–H groups in total. The van der Waals surface area contributed by atoms with Crippen LogP contribution in [-0.4, -0.2) is 61.6 Å². The Labute approximate surface area is 142 Å². The van der Waals surface area contributed by atoms with E-state index in [2.05, 4.69) is 15.6 Å². The van der Waals surface area contributed by atoms with E-state index < -0.39 is 0 Å². The fourth-order valence-corrected chi connectivity index (χ4v) is 2.81. The first-order valence-corrected chi connectivity index (χ1v) is 8.31. The maximum absolute atomic E-state index is 12.3. The molecule has 7 nitrogen and oxygen atoms in total. The molecule has 1 aliphatic heterocycles. The lowest BCUT2D eigenvalue weighted by molar-refractivity contribution is -0.138. The molecule has 0 saturated carbocycles. The number of pyridine rings is 1. The Morgan fingerprint density at radius 1 is 1.42 bits per heavy atom. The van der Waals surface area contributed by atoms with Crippen molar-refractivity contribution in [3.8, 4) is 0 Å². The summed E-state index contributed by atoms with van der Waals surface area (Å²) in [5, 5.41) is 6.14. The summed E-state index contributed by atoms with van der Waals surface area (Å²) in [7, 11) is 1.50. The molecule has 1 aromatic heterocycles. The van der Waals surface area contributed by atoms with Crippen molar-refractivity contribution in [2.75, 3.05) is 45.2 Å². The summed E-state index contributed by atoms with van der Waals surface area (Å²) in [6, 6.07) is 3.88. The summed E-state index contributed by atoms with van der Waals surface area (Å²) < 4.78 is 4.88. The van der Waals surface area contributed by atoms with Crippen LogP contribution in [0.15, 0.2) is 18.3 Å². The molecule has 24 heavy (non-hydrogen) atoms. The van der Waals surface area contributed by atoms with Gasteiger partial charge in [-0.05, 0) is 31.4 Å². The zero-order valence-electron chi connectivity index (χ0n) is 14.4. The number of nitrogens with zero attached hydrogens (tertiary/aromatic N) is 2. The van der Waals surface area contributed by atoms with Crippen molar-refractivity contribution in [3.63, 3.8) is 0 Å². The lowest BCUT2D eigenvalue weighted by atomic mass is 9.97. The van der Waals surface area contributed by atoms with Crippen LogP contribution in [0.25, 0.3) is 0 Å². The van der Waals surface area contributed by atoms with E-state index in [-0.39, 0.29) is 24.3 Å². The van der Waals surface area contributed by atoms with Gasteiger partial charge < -0.3 is 20.3 Å². The summed E-state index contributed by atoms with van der Waals surface area (Å²) in [5.74, 6) is 0.642. The number of likely N-dealkylation sites (tertiary alicyclic amines) is 1. The Morgan fingerprint density at radius 3 is 3.00 bits per heavy atom. The van der Waals surface area contributed by atoms with Gasteiger partial charge >= 0.3 is 0 Å². The summed E-state index contributed by atoms with van der Waals surface area (Å²) in [5.41, 5.74) is 1.07. The van der Waals surface area contributed by atoms with Gasteiger partial charge in [-0.2, -0.15) is 0 Å². The van der Waals surface area contributed by atoms with E-state index in [9.17, 15) is 9.59 Å². The fraction of sp³-hybridized carbons (Fsp3) is 0.588. The molecule has 0 radical (unpaired) electrons. The van der Waals surface area contributed by atoms with E-state index in [0.29, 0.717) is 26.2 Å². The molecule has 0 bridgehead atoms. The second kappa shape index (κ2) is 9.22. The van der Waals surface area contributed by atoms with Crippen molar-refractivity contribution in [1.82, 2.24) is 15.2 Å². The summed E-state index contributed by atoms with van der Waals surface area (Å²) in [6.45, 7) is 4.37. The number of hydrogen-bond donors (Lipinski definition) is 2. The molecule has 1 aromatic rings. The second-order valence-electron chi connectivity index (χ2n) is 6.00. The number of aromatic nitrogens is 1. The highest BCUT2D eigenvalue weighted by atomic mass is 16.5. The molecule has 1 aliphatic rings. The molecule has 7 heteroatoms. The lowest BCUT2D eigenvalue weighted by Gasteiger charge is -2.31. The van der Waals surface area contributed by atoms with Crippen molar-refractivity contribution in [2.24, 2.45) is 5.92 Å². The molecular weight excluding hydrogens is 308 g/mol. The van der Waals surface area contributed by atoms with Crippen LogP contribution in [0.4, 0.5) is 5.82 Å². The van der Waals surface area contributed by atoms with Crippen LogP contribution >= 0.6 is 0 Å². The first-order valence-electron chi connectivity index (χ1n) is 8.31. The standard InChI is InChI=1S/C17H26N4O3/c1-13-5-3-7-18-16(13)19-8-9-20-17(23)14-6-4-10-21(11-14)15(22)12-24-2/h3,5,7,14H,4,6,8-12H2,1-2H3,(H,18,19)(H,20,23)/t14-/m1/s1. The number of methoxy groups -OCH3 is 1. The van der Waals surface area contributed by atoms with E-state index in [4.69, 9.17) is 4.74 Å². The minimum absolute atomic E-state index is 0.00413. The smallest absolute Gasteiger partial charge is 0.248 e. The maximum Gasteiger partial charge on any atom is 0.248 e. The number of piperidine rings is 1. The summed E-state index contributed by atoms with van der Waals surface area (Å²) >= 11 is 0. The molecule has 2 heterocycles. The molecule has 0 aromatic carbocycles. The zero-order chi connectivity index (χ0) is 17.4. The van der Waals surface area contributed by atoms with Crippen LogP contribution in [0.1, 0.15) is 18.4 Å². The molecule has 1 fully saturated rings. The lowest BCUT2D eigenvalue weighted by Crippen LogP contribution is -2.47.